The van der Waals surface area contributed by atoms with E-state index >= 15 is 0 Å². The molecule has 2 heterocycles. The van der Waals surface area contributed by atoms with Gasteiger partial charge in [0.1, 0.15) is 18.0 Å². The summed E-state index contributed by atoms with van der Waals surface area (Å²) in [7, 11) is 0. The van der Waals surface area contributed by atoms with Crippen LogP contribution in [0.3, 0.4) is 0 Å². The number of pyridine rings is 1. The predicted octanol–water partition coefficient (Wildman–Crippen LogP) is 4.04. The van der Waals surface area contributed by atoms with Crippen LogP contribution >= 0.6 is 0 Å². The number of halogens is 2. The van der Waals surface area contributed by atoms with Crippen molar-refractivity contribution in [3.63, 3.8) is 0 Å². The highest BCUT2D eigenvalue weighted by molar-refractivity contribution is 5.49. The molecule has 0 saturated heterocycles. The Kier molecular flexibility index (Phi) is 4.43. The number of nitrogens with zero attached hydrogens (tertiary/aromatic N) is 3. The normalized spacial score (nSPS) is 12.7. The molecule has 0 saturated carbocycles. The maximum Gasteiger partial charge on any atom is 0.224 e. The topological polar surface area (TPSA) is 59.9 Å². The fraction of sp³-hybridized carbons (Fsp3) is 0.211. The van der Waals surface area contributed by atoms with Gasteiger partial charge in [0.25, 0.3) is 0 Å². The van der Waals surface area contributed by atoms with Crippen LogP contribution < -0.4 is 10.1 Å². The number of hydrogen-bond acceptors (Lipinski definition) is 5. The van der Waals surface area contributed by atoms with Crippen molar-refractivity contribution in [2.45, 2.75) is 25.8 Å². The largest absolute Gasteiger partial charge is 0.436 e. The van der Waals surface area contributed by atoms with Crippen LogP contribution in [-0.4, -0.2) is 15.0 Å². The molecule has 7 heteroatoms. The van der Waals surface area contributed by atoms with Crippen molar-refractivity contribution < 1.29 is 13.5 Å². The average molecular weight is 354 g/mol. The maximum atomic E-state index is 13.8. The number of hydrogen-bond donors (Lipinski definition) is 1. The van der Waals surface area contributed by atoms with Crippen molar-refractivity contribution >= 4 is 5.82 Å². The fourth-order valence-electron chi connectivity index (χ4n) is 3.00. The number of aromatic nitrogens is 3. The van der Waals surface area contributed by atoms with Gasteiger partial charge in [-0.3, -0.25) is 0 Å². The summed E-state index contributed by atoms with van der Waals surface area (Å²) in [5, 5.41) is 3.29. The van der Waals surface area contributed by atoms with Crippen molar-refractivity contribution in [1.29, 1.82) is 0 Å². The lowest BCUT2D eigenvalue weighted by Crippen LogP contribution is -2.07. The Labute approximate surface area is 149 Å². The van der Waals surface area contributed by atoms with E-state index in [-0.39, 0.29) is 11.6 Å². The second-order valence-corrected chi connectivity index (χ2v) is 6.00. The molecule has 132 valence electrons. The van der Waals surface area contributed by atoms with Gasteiger partial charge in [-0.1, -0.05) is 6.07 Å². The summed E-state index contributed by atoms with van der Waals surface area (Å²) in [4.78, 5) is 12.8. The SMILES string of the molecule is Fc1ccc(Oc2ncccc2CNc2ncnc3c2CCC3)c(F)c1. The molecule has 0 unspecified atom stereocenters. The zero-order valence-corrected chi connectivity index (χ0v) is 13.9. The molecule has 1 N–H and O–H groups in total. The first kappa shape index (κ1) is 16.4. The van der Waals surface area contributed by atoms with Crippen LogP contribution in [0.5, 0.6) is 11.6 Å². The van der Waals surface area contributed by atoms with Gasteiger partial charge in [0.05, 0.1) is 0 Å². The van der Waals surface area contributed by atoms with E-state index in [4.69, 9.17) is 4.74 Å². The van der Waals surface area contributed by atoms with Gasteiger partial charge < -0.3 is 10.1 Å². The molecule has 3 aromatic rings. The van der Waals surface area contributed by atoms with Gasteiger partial charge in [-0.25, -0.2) is 23.7 Å². The Morgan fingerprint density at radius 1 is 1.08 bits per heavy atom. The van der Waals surface area contributed by atoms with Crippen LogP contribution in [0.2, 0.25) is 0 Å². The zero-order valence-electron chi connectivity index (χ0n) is 13.9. The molecule has 1 aliphatic carbocycles. The standard InChI is InChI=1S/C19H16F2N4O/c20-13-6-7-17(15(21)9-13)26-19-12(3-2-8-22-19)10-23-18-14-4-1-5-16(14)24-11-25-18/h2-3,6-9,11H,1,4-5,10H2,(H,23,24,25). The third kappa shape index (κ3) is 3.33. The van der Waals surface area contributed by atoms with E-state index in [1.807, 2.05) is 6.07 Å². The highest BCUT2D eigenvalue weighted by Gasteiger charge is 2.17. The lowest BCUT2D eigenvalue weighted by Gasteiger charge is -2.13. The van der Waals surface area contributed by atoms with E-state index in [1.165, 1.54) is 6.07 Å². The fourth-order valence-corrected chi connectivity index (χ4v) is 3.00. The van der Waals surface area contributed by atoms with Gasteiger partial charge in [0.15, 0.2) is 11.6 Å². The summed E-state index contributed by atoms with van der Waals surface area (Å²) < 4.78 is 32.4. The second-order valence-electron chi connectivity index (χ2n) is 6.00. The highest BCUT2D eigenvalue weighted by Crippen LogP contribution is 2.28. The molecule has 0 aliphatic heterocycles. The molecule has 26 heavy (non-hydrogen) atoms. The van der Waals surface area contributed by atoms with Gasteiger partial charge >= 0.3 is 0 Å². The van der Waals surface area contributed by atoms with Gasteiger partial charge in [-0.2, -0.15) is 0 Å². The smallest absolute Gasteiger partial charge is 0.224 e. The minimum Gasteiger partial charge on any atom is -0.436 e. The summed E-state index contributed by atoms with van der Waals surface area (Å²) in [5.41, 5.74) is 2.96. The van der Waals surface area contributed by atoms with Crippen molar-refractivity contribution in [2.24, 2.45) is 0 Å². The Bertz CT molecular complexity index is 949. The van der Waals surface area contributed by atoms with E-state index in [2.05, 4.69) is 20.3 Å². The first-order valence-electron chi connectivity index (χ1n) is 8.34. The zero-order chi connectivity index (χ0) is 17.9. The molecule has 5 nitrogen and oxygen atoms in total. The Hall–Kier alpha value is -3.09. The molecule has 0 spiro atoms. The third-order valence-electron chi connectivity index (χ3n) is 4.27. The number of anilines is 1. The minimum absolute atomic E-state index is 0.0747. The summed E-state index contributed by atoms with van der Waals surface area (Å²) in [6.45, 7) is 0.412. The second kappa shape index (κ2) is 7.03. The van der Waals surface area contributed by atoms with Crippen LogP contribution in [0.25, 0.3) is 0 Å². The third-order valence-corrected chi connectivity index (χ3v) is 4.27. The van der Waals surface area contributed by atoms with Crippen LogP contribution in [0.1, 0.15) is 23.2 Å². The predicted molar refractivity (Wildman–Crippen MR) is 92.1 cm³/mol. The number of fused-ring (bicyclic) bond motifs is 1. The van der Waals surface area contributed by atoms with Gasteiger partial charge in [0, 0.05) is 35.6 Å². The van der Waals surface area contributed by atoms with Crippen molar-refractivity contribution in [2.75, 3.05) is 5.32 Å². The van der Waals surface area contributed by atoms with Crippen LogP contribution in [0.15, 0.2) is 42.9 Å². The van der Waals surface area contributed by atoms with Crippen molar-refractivity contribution in [1.82, 2.24) is 15.0 Å². The molecule has 1 aromatic carbocycles. The van der Waals surface area contributed by atoms with E-state index in [0.29, 0.717) is 6.54 Å². The molecule has 0 fully saturated rings. The van der Waals surface area contributed by atoms with Gasteiger partial charge in [-0.05, 0) is 37.5 Å². The van der Waals surface area contributed by atoms with E-state index in [9.17, 15) is 8.78 Å². The molecular formula is C19H16F2N4O. The summed E-state index contributed by atoms with van der Waals surface area (Å²) in [6, 6.07) is 6.77. The number of aryl methyl sites for hydroxylation is 1. The number of benzene rings is 1. The Balaban J connectivity index is 1.54. The minimum atomic E-state index is -0.775. The Morgan fingerprint density at radius 2 is 2.00 bits per heavy atom. The number of ether oxygens (including phenoxy) is 1. The van der Waals surface area contributed by atoms with E-state index < -0.39 is 11.6 Å². The molecule has 0 atom stereocenters. The van der Waals surface area contributed by atoms with E-state index in [1.54, 1.807) is 18.6 Å². The maximum absolute atomic E-state index is 13.8. The van der Waals surface area contributed by atoms with Gasteiger partial charge in [-0.15, -0.1) is 0 Å². The number of rotatable bonds is 5. The average Bonchev–Trinajstić information content (AvgIpc) is 3.12. The molecule has 1 aliphatic rings. The monoisotopic (exact) mass is 354 g/mol. The molecule has 0 bridgehead atoms. The van der Waals surface area contributed by atoms with Crippen molar-refractivity contribution in [3.8, 4) is 11.6 Å². The Morgan fingerprint density at radius 3 is 2.88 bits per heavy atom. The summed E-state index contributed by atoms with van der Waals surface area (Å²) >= 11 is 0. The lowest BCUT2D eigenvalue weighted by molar-refractivity contribution is 0.419. The number of nitrogens with one attached hydrogen (secondary N) is 1. The van der Waals surface area contributed by atoms with Crippen LogP contribution in [0, 0.1) is 11.6 Å². The van der Waals surface area contributed by atoms with Crippen LogP contribution in [-0.2, 0) is 19.4 Å². The first-order chi connectivity index (χ1) is 12.7. The molecule has 2 aromatic heterocycles. The van der Waals surface area contributed by atoms with E-state index in [0.717, 1.165) is 54.0 Å². The summed E-state index contributed by atoms with van der Waals surface area (Å²) in [5.74, 6) is -0.445. The quantitative estimate of drug-likeness (QED) is 0.749. The molecule has 0 radical (unpaired) electrons. The highest BCUT2D eigenvalue weighted by atomic mass is 19.1. The van der Waals surface area contributed by atoms with Crippen LogP contribution in [0.4, 0.5) is 14.6 Å². The first-order valence-corrected chi connectivity index (χ1v) is 8.34. The summed E-state index contributed by atoms with van der Waals surface area (Å²) in [6.07, 6.45) is 6.12. The molecule has 0 amide bonds. The lowest BCUT2D eigenvalue weighted by atomic mass is 10.2. The molecule has 4 rings (SSSR count). The van der Waals surface area contributed by atoms with Crippen molar-refractivity contribution in [3.05, 3.63) is 71.3 Å². The van der Waals surface area contributed by atoms with Gasteiger partial charge in [0.2, 0.25) is 5.88 Å². The molecular weight excluding hydrogens is 338 g/mol.